The van der Waals surface area contributed by atoms with Gasteiger partial charge in [-0.2, -0.15) is 0 Å². The van der Waals surface area contributed by atoms with Crippen LogP contribution in [0.15, 0.2) is 54.6 Å². The van der Waals surface area contributed by atoms with Gasteiger partial charge in [0.1, 0.15) is 18.5 Å². The molecule has 1 N–H and O–H groups in total. The molecule has 0 radical (unpaired) electrons. The molecule has 4 nitrogen and oxygen atoms in total. The van der Waals surface area contributed by atoms with Gasteiger partial charge in [0.25, 0.3) is 0 Å². The van der Waals surface area contributed by atoms with E-state index in [-0.39, 0.29) is 12.4 Å². The van der Waals surface area contributed by atoms with Crippen LogP contribution in [0.3, 0.4) is 0 Å². The Balaban J connectivity index is 0.00000208. The van der Waals surface area contributed by atoms with Crippen LogP contribution in [0.4, 0.5) is 0 Å². The predicted octanol–water partition coefficient (Wildman–Crippen LogP) is 2.85. The summed E-state index contributed by atoms with van der Waals surface area (Å²) in [6.07, 6.45) is -0.484. The van der Waals surface area contributed by atoms with Crippen LogP contribution in [-0.2, 0) is 4.74 Å². The van der Waals surface area contributed by atoms with E-state index in [0.717, 1.165) is 37.6 Å². The van der Waals surface area contributed by atoms with E-state index >= 15 is 0 Å². The van der Waals surface area contributed by atoms with E-state index in [1.54, 1.807) is 0 Å². The molecule has 0 aromatic heterocycles. The quantitative estimate of drug-likeness (QED) is 0.870. The molecule has 1 unspecified atom stereocenters. The topological polar surface area (TPSA) is 41.9 Å². The van der Waals surface area contributed by atoms with Crippen molar-refractivity contribution < 1.29 is 14.6 Å². The zero-order chi connectivity index (χ0) is 15.9. The average molecular weight is 350 g/mol. The Morgan fingerprint density at radius 1 is 0.958 bits per heavy atom. The summed E-state index contributed by atoms with van der Waals surface area (Å²) in [6.45, 7) is 4.18. The minimum atomic E-state index is -0.484. The molecule has 130 valence electrons. The molecule has 1 fully saturated rings. The Hall–Kier alpha value is -1.59. The monoisotopic (exact) mass is 349 g/mol. The first-order valence-electron chi connectivity index (χ1n) is 8.08. The summed E-state index contributed by atoms with van der Waals surface area (Å²) in [6, 6.07) is 18.2. The number of aliphatic hydroxyl groups is 1. The average Bonchev–Trinajstić information content (AvgIpc) is 2.62. The van der Waals surface area contributed by atoms with E-state index in [9.17, 15) is 5.11 Å². The van der Waals surface area contributed by atoms with E-state index in [0.29, 0.717) is 13.2 Å². The van der Waals surface area contributed by atoms with Crippen molar-refractivity contribution in [3.05, 3.63) is 54.6 Å². The lowest BCUT2D eigenvalue weighted by atomic mass is 10.1. The van der Waals surface area contributed by atoms with E-state index in [4.69, 9.17) is 9.47 Å². The molecule has 0 spiro atoms. The molecule has 2 aromatic rings. The molecule has 1 heterocycles. The number of benzene rings is 2. The summed E-state index contributed by atoms with van der Waals surface area (Å²) < 4.78 is 11.0. The Morgan fingerprint density at radius 3 is 2.25 bits per heavy atom. The number of aliphatic hydroxyl groups excluding tert-OH is 1. The second kappa shape index (κ2) is 9.64. The van der Waals surface area contributed by atoms with Gasteiger partial charge in [-0.1, -0.05) is 42.5 Å². The molecule has 0 bridgehead atoms. The summed E-state index contributed by atoms with van der Waals surface area (Å²) in [5, 5.41) is 10.1. The Morgan fingerprint density at radius 2 is 1.58 bits per heavy atom. The van der Waals surface area contributed by atoms with Gasteiger partial charge in [-0.15, -0.1) is 12.4 Å². The van der Waals surface area contributed by atoms with Crippen LogP contribution in [0.25, 0.3) is 11.1 Å². The third kappa shape index (κ3) is 5.49. The van der Waals surface area contributed by atoms with Gasteiger partial charge in [0, 0.05) is 19.6 Å². The molecule has 3 rings (SSSR count). The van der Waals surface area contributed by atoms with Crippen LogP contribution < -0.4 is 4.74 Å². The minimum absolute atomic E-state index is 0. The SMILES string of the molecule is Cl.OC(COc1ccc(-c2ccccc2)cc1)CN1CCOCC1. The van der Waals surface area contributed by atoms with Crippen LogP contribution in [0.5, 0.6) is 5.75 Å². The minimum Gasteiger partial charge on any atom is -0.491 e. The van der Waals surface area contributed by atoms with Crippen molar-refractivity contribution in [1.29, 1.82) is 0 Å². The van der Waals surface area contributed by atoms with Crippen molar-refractivity contribution in [2.75, 3.05) is 39.5 Å². The number of morpholine rings is 1. The van der Waals surface area contributed by atoms with Crippen LogP contribution in [0, 0.1) is 0 Å². The van der Waals surface area contributed by atoms with Crippen LogP contribution in [-0.4, -0.2) is 55.6 Å². The van der Waals surface area contributed by atoms with Gasteiger partial charge in [-0.3, -0.25) is 4.90 Å². The van der Waals surface area contributed by atoms with Crippen LogP contribution in [0.2, 0.25) is 0 Å². The fourth-order valence-electron chi connectivity index (χ4n) is 2.70. The van der Waals surface area contributed by atoms with Crippen molar-refractivity contribution in [2.24, 2.45) is 0 Å². The molecule has 0 aliphatic carbocycles. The van der Waals surface area contributed by atoms with Gasteiger partial charge in [0.05, 0.1) is 13.2 Å². The molecule has 1 aliphatic rings. The molecule has 0 amide bonds. The van der Waals surface area contributed by atoms with Crippen molar-refractivity contribution >= 4 is 12.4 Å². The van der Waals surface area contributed by atoms with E-state index in [2.05, 4.69) is 17.0 Å². The maximum Gasteiger partial charge on any atom is 0.119 e. The third-order valence-corrected chi connectivity index (χ3v) is 3.98. The predicted molar refractivity (Wildman–Crippen MR) is 97.9 cm³/mol. The standard InChI is InChI=1S/C19H23NO3.ClH/c21-18(14-20-10-12-22-13-11-20)15-23-19-8-6-17(7-9-19)16-4-2-1-3-5-16;/h1-9,18,21H,10-15H2;1H. The Bertz CT molecular complexity index is 585. The molecule has 2 aromatic carbocycles. The van der Waals surface area contributed by atoms with Crippen molar-refractivity contribution in [3.8, 4) is 16.9 Å². The molecular formula is C19H24ClNO3. The van der Waals surface area contributed by atoms with Gasteiger partial charge in [0.2, 0.25) is 0 Å². The number of hydrogen-bond donors (Lipinski definition) is 1. The van der Waals surface area contributed by atoms with E-state index in [1.165, 1.54) is 5.56 Å². The zero-order valence-corrected chi connectivity index (χ0v) is 14.5. The summed E-state index contributed by atoms with van der Waals surface area (Å²) in [5.41, 5.74) is 2.35. The zero-order valence-electron chi connectivity index (χ0n) is 13.6. The molecule has 0 saturated carbocycles. The van der Waals surface area contributed by atoms with Gasteiger partial charge < -0.3 is 14.6 Å². The number of hydrogen-bond acceptors (Lipinski definition) is 4. The normalized spacial score (nSPS) is 16.2. The Kier molecular flexibility index (Phi) is 7.53. The van der Waals surface area contributed by atoms with E-state index in [1.807, 2.05) is 42.5 Å². The summed E-state index contributed by atoms with van der Waals surface area (Å²) in [5.74, 6) is 0.783. The maximum absolute atomic E-state index is 10.1. The molecule has 1 aliphatic heterocycles. The number of halogens is 1. The highest BCUT2D eigenvalue weighted by Gasteiger charge is 2.15. The number of β-amino-alcohol motifs (C(OH)–C–C–N with tert-alkyl or cyclic N) is 1. The number of rotatable bonds is 6. The Labute approximate surface area is 149 Å². The number of nitrogens with zero attached hydrogens (tertiary/aromatic N) is 1. The lowest BCUT2D eigenvalue weighted by Crippen LogP contribution is -2.42. The first-order chi connectivity index (χ1) is 11.3. The van der Waals surface area contributed by atoms with Crippen LogP contribution in [0.1, 0.15) is 0 Å². The van der Waals surface area contributed by atoms with Crippen molar-refractivity contribution in [1.82, 2.24) is 4.90 Å². The highest BCUT2D eigenvalue weighted by atomic mass is 35.5. The molecular weight excluding hydrogens is 326 g/mol. The fourth-order valence-corrected chi connectivity index (χ4v) is 2.70. The lowest BCUT2D eigenvalue weighted by molar-refractivity contribution is 0.00466. The molecule has 5 heteroatoms. The fraction of sp³-hybridized carbons (Fsp3) is 0.368. The second-order valence-electron chi connectivity index (χ2n) is 5.77. The molecule has 1 atom stereocenters. The van der Waals surface area contributed by atoms with Gasteiger partial charge in [0.15, 0.2) is 0 Å². The largest absolute Gasteiger partial charge is 0.491 e. The third-order valence-electron chi connectivity index (χ3n) is 3.98. The van der Waals surface area contributed by atoms with Crippen molar-refractivity contribution in [3.63, 3.8) is 0 Å². The number of ether oxygens (including phenoxy) is 2. The van der Waals surface area contributed by atoms with Gasteiger partial charge >= 0.3 is 0 Å². The van der Waals surface area contributed by atoms with Crippen molar-refractivity contribution in [2.45, 2.75) is 6.10 Å². The summed E-state index contributed by atoms with van der Waals surface area (Å²) in [7, 11) is 0. The maximum atomic E-state index is 10.1. The highest BCUT2D eigenvalue weighted by molar-refractivity contribution is 5.85. The summed E-state index contributed by atoms with van der Waals surface area (Å²) in [4.78, 5) is 2.20. The van der Waals surface area contributed by atoms with E-state index < -0.39 is 6.10 Å². The first-order valence-corrected chi connectivity index (χ1v) is 8.08. The highest BCUT2D eigenvalue weighted by Crippen LogP contribution is 2.22. The van der Waals surface area contributed by atoms with Gasteiger partial charge in [-0.05, 0) is 23.3 Å². The molecule has 1 saturated heterocycles. The lowest BCUT2D eigenvalue weighted by Gasteiger charge is -2.28. The van der Waals surface area contributed by atoms with Crippen LogP contribution >= 0.6 is 12.4 Å². The smallest absolute Gasteiger partial charge is 0.119 e. The summed E-state index contributed by atoms with van der Waals surface area (Å²) >= 11 is 0. The van der Waals surface area contributed by atoms with Gasteiger partial charge in [-0.25, -0.2) is 0 Å². The molecule has 24 heavy (non-hydrogen) atoms. The second-order valence-corrected chi connectivity index (χ2v) is 5.77. The first kappa shape index (κ1) is 18.7.